The van der Waals surface area contributed by atoms with Crippen LogP contribution in [-0.2, 0) is 0 Å². The standard InChI is InChI=1S/2C10H11ClO/c2*1-6-4-9(11)5-7(2)10(6)8(3)12/h2*4-5H,1-3H3. The van der Waals surface area contributed by atoms with Crippen molar-refractivity contribution in [1.29, 1.82) is 0 Å². The average molecular weight is 365 g/mol. The zero-order chi connectivity index (χ0) is 18.6. The van der Waals surface area contributed by atoms with E-state index in [0.717, 1.165) is 33.4 Å². The fraction of sp³-hybridized carbons (Fsp3) is 0.300. The molecule has 24 heavy (non-hydrogen) atoms. The van der Waals surface area contributed by atoms with E-state index >= 15 is 0 Å². The summed E-state index contributed by atoms with van der Waals surface area (Å²) in [6.45, 7) is 10.7. The molecule has 0 heterocycles. The van der Waals surface area contributed by atoms with Crippen molar-refractivity contribution < 1.29 is 9.59 Å². The van der Waals surface area contributed by atoms with Gasteiger partial charge in [0, 0.05) is 21.2 Å². The van der Waals surface area contributed by atoms with E-state index in [0.29, 0.717) is 10.0 Å². The van der Waals surface area contributed by atoms with E-state index in [1.165, 1.54) is 0 Å². The highest BCUT2D eigenvalue weighted by molar-refractivity contribution is 6.31. The van der Waals surface area contributed by atoms with E-state index in [-0.39, 0.29) is 11.6 Å². The number of benzene rings is 2. The molecule has 0 saturated carbocycles. The normalized spacial score (nSPS) is 10.0. The van der Waals surface area contributed by atoms with Crippen molar-refractivity contribution in [3.63, 3.8) is 0 Å². The van der Waals surface area contributed by atoms with Crippen LogP contribution in [0.25, 0.3) is 0 Å². The predicted octanol–water partition coefficient (Wildman–Crippen LogP) is 6.32. The summed E-state index contributed by atoms with van der Waals surface area (Å²) in [6, 6.07) is 7.24. The number of carbonyl (C=O) groups is 2. The Hall–Kier alpha value is -1.64. The van der Waals surface area contributed by atoms with Gasteiger partial charge in [-0.25, -0.2) is 0 Å². The number of rotatable bonds is 2. The number of aryl methyl sites for hydroxylation is 4. The van der Waals surface area contributed by atoms with Gasteiger partial charge in [0.25, 0.3) is 0 Å². The Morgan fingerprint density at radius 2 is 0.833 bits per heavy atom. The molecule has 0 bridgehead atoms. The molecule has 0 aromatic heterocycles. The summed E-state index contributed by atoms with van der Waals surface area (Å²) >= 11 is 11.6. The second kappa shape index (κ2) is 8.46. The van der Waals surface area contributed by atoms with Gasteiger partial charge in [0.15, 0.2) is 11.6 Å². The monoisotopic (exact) mass is 364 g/mol. The minimum atomic E-state index is 0.0988. The number of hydrogen-bond donors (Lipinski definition) is 0. The molecule has 0 amide bonds. The second-order valence-electron chi connectivity index (χ2n) is 5.94. The first-order valence-electron chi connectivity index (χ1n) is 7.60. The Labute approximate surface area is 153 Å². The van der Waals surface area contributed by atoms with Gasteiger partial charge in [-0.1, -0.05) is 23.2 Å². The molecule has 0 aliphatic heterocycles. The van der Waals surface area contributed by atoms with Crippen molar-refractivity contribution in [1.82, 2.24) is 0 Å². The molecule has 0 spiro atoms. The quantitative estimate of drug-likeness (QED) is 0.584. The second-order valence-corrected chi connectivity index (χ2v) is 6.81. The molecule has 0 saturated heterocycles. The van der Waals surface area contributed by atoms with E-state index in [9.17, 15) is 9.59 Å². The molecular formula is C20H22Cl2O2. The lowest BCUT2D eigenvalue weighted by atomic mass is 10.0. The van der Waals surface area contributed by atoms with Crippen LogP contribution in [0.4, 0.5) is 0 Å². The molecule has 0 atom stereocenters. The Kier molecular flexibility index (Phi) is 7.19. The van der Waals surface area contributed by atoms with Crippen LogP contribution < -0.4 is 0 Å². The van der Waals surface area contributed by atoms with Crippen molar-refractivity contribution in [3.05, 3.63) is 67.7 Å². The molecular weight excluding hydrogens is 343 g/mol. The third kappa shape index (κ3) is 5.19. The molecule has 0 unspecified atom stereocenters. The molecule has 0 aliphatic rings. The first-order valence-corrected chi connectivity index (χ1v) is 8.35. The number of ketones is 2. The molecule has 2 nitrogen and oxygen atoms in total. The van der Waals surface area contributed by atoms with Crippen molar-refractivity contribution in [3.8, 4) is 0 Å². The SMILES string of the molecule is CC(=O)c1c(C)cc(Cl)cc1C.CC(=O)c1c(C)cc(Cl)cc1C. The highest BCUT2D eigenvalue weighted by Crippen LogP contribution is 2.21. The molecule has 2 rings (SSSR count). The summed E-state index contributed by atoms with van der Waals surface area (Å²) < 4.78 is 0. The number of halogens is 2. The van der Waals surface area contributed by atoms with Crippen LogP contribution in [0.3, 0.4) is 0 Å². The first-order chi connectivity index (χ1) is 11.0. The third-order valence-corrected chi connectivity index (χ3v) is 4.14. The zero-order valence-electron chi connectivity index (χ0n) is 14.9. The van der Waals surface area contributed by atoms with Crippen LogP contribution in [0.2, 0.25) is 10.0 Å². The molecule has 2 aromatic rings. The minimum Gasteiger partial charge on any atom is -0.294 e. The van der Waals surface area contributed by atoms with E-state index in [4.69, 9.17) is 23.2 Å². The van der Waals surface area contributed by atoms with Gasteiger partial charge in [-0.15, -0.1) is 0 Å². The van der Waals surface area contributed by atoms with Crippen molar-refractivity contribution >= 4 is 34.8 Å². The van der Waals surface area contributed by atoms with Crippen molar-refractivity contribution in [2.24, 2.45) is 0 Å². The summed E-state index contributed by atoms with van der Waals surface area (Å²) in [6.07, 6.45) is 0. The van der Waals surface area contributed by atoms with E-state index in [1.54, 1.807) is 13.8 Å². The Balaban J connectivity index is 0.000000240. The summed E-state index contributed by atoms with van der Waals surface area (Å²) in [5.74, 6) is 0.198. The van der Waals surface area contributed by atoms with Gasteiger partial charge in [-0.05, 0) is 88.1 Å². The maximum atomic E-state index is 11.2. The lowest BCUT2D eigenvalue weighted by Gasteiger charge is -2.06. The largest absolute Gasteiger partial charge is 0.294 e. The van der Waals surface area contributed by atoms with E-state index in [1.807, 2.05) is 52.0 Å². The van der Waals surface area contributed by atoms with Crippen LogP contribution in [0.1, 0.15) is 56.8 Å². The maximum Gasteiger partial charge on any atom is 0.160 e. The Bertz CT molecular complexity index is 679. The summed E-state index contributed by atoms with van der Waals surface area (Å²) in [5.41, 5.74) is 5.39. The smallest absolute Gasteiger partial charge is 0.160 e. The van der Waals surface area contributed by atoms with Crippen LogP contribution in [0.5, 0.6) is 0 Å². The third-order valence-electron chi connectivity index (χ3n) is 3.70. The van der Waals surface area contributed by atoms with Gasteiger partial charge in [0.1, 0.15) is 0 Å². The van der Waals surface area contributed by atoms with Gasteiger partial charge < -0.3 is 0 Å². The van der Waals surface area contributed by atoms with Gasteiger partial charge in [0.2, 0.25) is 0 Å². The molecule has 0 N–H and O–H groups in total. The lowest BCUT2D eigenvalue weighted by Crippen LogP contribution is -1.99. The summed E-state index contributed by atoms with van der Waals surface area (Å²) in [5, 5.41) is 1.38. The Morgan fingerprint density at radius 1 is 0.625 bits per heavy atom. The molecule has 4 heteroatoms. The minimum absolute atomic E-state index is 0.0988. The molecule has 0 radical (unpaired) electrons. The molecule has 0 aliphatic carbocycles. The summed E-state index contributed by atoms with van der Waals surface area (Å²) in [4.78, 5) is 22.3. The molecule has 128 valence electrons. The topological polar surface area (TPSA) is 34.1 Å². The number of carbonyl (C=O) groups excluding carboxylic acids is 2. The van der Waals surface area contributed by atoms with Crippen LogP contribution >= 0.6 is 23.2 Å². The van der Waals surface area contributed by atoms with Crippen LogP contribution in [0, 0.1) is 27.7 Å². The summed E-state index contributed by atoms with van der Waals surface area (Å²) in [7, 11) is 0. The fourth-order valence-electron chi connectivity index (χ4n) is 2.93. The molecule has 2 aromatic carbocycles. The number of Topliss-reactive ketones (excluding diaryl/α,β-unsaturated/α-hetero) is 2. The average Bonchev–Trinajstić information content (AvgIpc) is 2.35. The number of hydrogen-bond acceptors (Lipinski definition) is 2. The van der Waals surface area contributed by atoms with Crippen molar-refractivity contribution in [2.75, 3.05) is 0 Å². The van der Waals surface area contributed by atoms with Crippen molar-refractivity contribution in [2.45, 2.75) is 41.5 Å². The highest BCUT2D eigenvalue weighted by atomic mass is 35.5. The highest BCUT2D eigenvalue weighted by Gasteiger charge is 2.08. The lowest BCUT2D eigenvalue weighted by molar-refractivity contribution is 0.100. The van der Waals surface area contributed by atoms with Crippen LogP contribution in [-0.4, -0.2) is 11.6 Å². The van der Waals surface area contributed by atoms with Gasteiger partial charge in [-0.2, -0.15) is 0 Å². The maximum absolute atomic E-state index is 11.2. The zero-order valence-corrected chi connectivity index (χ0v) is 16.4. The van der Waals surface area contributed by atoms with Gasteiger partial charge in [-0.3, -0.25) is 9.59 Å². The molecule has 0 fully saturated rings. The van der Waals surface area contributed by atoms with Crippen LogP contribution in [0.15, 0.2) is 24.3 Å². The van der Waals surface area contributed by atoms with E-state index < -0.39 is 0 Å². The predicted molar refractivity (Wildman–Crippen MR) is 102 cm³/mol. The van der Waals surface area contributed by atoms with Gasteiger partial charge in [0.05, 0.1) is 0 Å². The van der Waals surface area contributed by atoms with E-state index in [2.05, 4.69) is 0 Å². The fourth-order valence-corrected chi connectivity index (χ4v) is 3.59. The Morgan fingerprint density at radius 3 is 1.00 bits per heavy atom. The first kappa shape index (κ1) is 20.4. The van der Waals surface area contributed by atoms with Gasteiger partial charge >= 0.3 is 0 Å².